The third-order valence-electron chi connectivity index (χ3n) is 4.25. The average Bonchev–Trinajstić information content (AvgIpc) is 2.90. The summed E-state index contributed by atoms with van der Waals surface area (Å²) in [4.78, 5) is 11.4. The lowest BCUT2D eigenvalue weighted by Crippen LogP contribution is -2.04. The van der Waals surface area contributed by atoms with Gasteiger partial charge in [-0.3, -0.25) is 0 Å². The van der Waals surface area contributed by atoms with Gasteiger partial charge in [0, 0.05) is 17.0 Å². The van der Waals surface area contributed by atoms with Crippen molar-refractivity contribution in [2.24, 2.45) is 0 Å². The molecule has 0 unspecified atom stereocenters. The molecule has 2 N–H and O–H groups in total. The highest BCUT2D eigenvalue weighted by Crippen LogP contribution is 2.30. The third kappa shape index (κ3) is 2.72. The molecule has 0 fully saturated rings. The lowest BCUT2D eigenvalue weighted by atomic mass is 10.0. The molecule has 0 saturated carbocycles. The fourth-order valence-electron chi connectivity index (χ4n) is 3.05. The Balaban J connectivity index is 2.18. The summed E-state index contributed by atoms with van der Waals surface area (Å²) in [6.45, 7) is 3.74. The normalized spacial score (nSPS) is 10.8. The summed E-state index contributed by atoms with van der Waals surface area (Å²) in [6, 6.07) is 17.3. The van der Waals surface area contributed by atoms with Crippen LogP contribution >= 0.6 is 0 Å². The minimum absolute atomic E-state index is 0.0136. The van der Waals surface area contributed by atoms with E-state index in [-0.39, 0.29) is 6.61 Å². The summed E-state index contributed by atoms with van der Waals surface area (Å²) in [6.07, 6.45) is 0. The van der Waals surface area contributed by atoms with Crippen molar-refractivity contribution in [3.8, 4) is 16.8 Å². The van der Waals surface area contributed by atoms with Gasteiger partial charge in [0.05, 0.1) is 17.9 Å². The number of hydrogen-bond donors (Lipinski definition) is 2. The highest BCUT2D eigenvalue weighted by atomic mass is 16.4. The number of carboxylic acids is 1. The molecule has 1 heterocycles. The van der Waals surface area contributed by atoms with E-state index >= 15 is 0 Å². The Morgan fingerprint density at radius 1 is 1.04 bits per heavy atom. The van der Waals surface area contributed by atoms with Gasteiger partial charge in [-0.25, -0.2) is 4.79 Å². The van der Waals surface area contributed by atoms with Gasteiger partial charge in [0.2, 0.25) is 0 Å². The zero-order chi connectivity index (χ0) is 17.3. The summed E-state index contributed by atoms with van der Waals surface area (Å²) in [5.74, 6) is -0.917. The molecule has 1 aromatic heterocycles. The van der Waals surface area contributed by atoms with Crippen LogP contribution in [0.5, 0.6) is 0 Å². The number of carboxylic acid groups (broad SMARTS) is 1. The quantitative estimate of drug-likeness (QED) is 0.765. The molecule has 0 aliphatic rings. The molecule has 0 bridgehead atoms. The van der Waals surface area contributed by atoms with Crippen LogP contribution in [0.1, 0.15) is 27.3 Å². The Hall–Kier alpha value is -2.85. The number of carbonyl (C=O) groups is 1. The van der Waals surface area contributed by atoms with Crippen LogP contribution in [0.15, 0.2) is 54.6 Å². The Morgan fingerprint density at radius 3 is 2.29 bits per heavy atom. The number of hydrogen-bond acceptors (Lipinski definition) is 2. The minimum atomic E-state index is -0.917. The third-order valence-corrected chi connectivity index (χ3v) is 4.25. The van der Waals surface area contributed by atoms with E-state index in [9.17, 15) is 15.0 Å². The number of aliphatic hydroxyl groups is 1. The predicted octanol–water partition coefficient (Wildman–Crippen LogP) is 3.95. The molecule has 0 atom stereocenters. The lowest BCUT2D eigenvalue weighted by molar-refractivity contribution is 0.0696. The van der Waals surface area contributed by atoms with Crippen molar-refractivity contribution < 1.29 is 15.0 Å². The fourth-order valence-corrected chi connectivity index (χ4v) is 3.05. The molecule has 122 valence electrons. The van der Waals surface area contributed by atoms with Crippen LogP contribution in [0.4, 0.5) is 0 Å². The maximum atomic E-state index is 11.4. The first kappa shape index (κ1) is 16.0. The van der Waals surface area contributed by atoms with E-state index in [1.54, 1.807) is 6.07 Å². The summed E-state index contributed by atoms with van der Waals surface area (Å²) in [5.41, 5.74) is 5.74. The molecule has 0 aliphatic carbocycles. The number of aromatic nitrogens is 1. The fraction of sp³-hybridized carbons (Fsp3) is 0.150. The zero-order valence-corrected chi connectivity index (χ0v) is 13.7. The molecule has 0 saturated heterocycles. The van der Waals surface area contributed by atoms with Gasteiger partial charge in [0.25, 0.3) is 0 Å². The van der Waals surface area contributed by atoms with Gasteiger partial charge in [-0.05, 0) is 37.1 Å². The van der Waals surface area contributed by atoms with Crippen LogP contribution in [-0.4, -0.2) is 20.7 Å². The molecule has 4 nitrogen and oxygen atoms in total. The molecule has 0 amide bonds. The smallest absolute Gasteiger partial charge is 0.337 e. The van der Waals surface area contributed by atoms with Crippen LogP contribution in [-0.2, 0) is 6.61 Å². The zero-order valence-electron chi connectivity index (χ0n) is 13.7. The predicted molar refractivity (Wildman–Crippen MR) is 93.6 cm³/mol. The molecule has 0 aliphatic heterocycles. The Bertz CT molecular complexity index is 892. The highest BCUT2D eigenvalue weighted by Gasteiger charge is 2.17. The first-order valence-corrected chi connectivity index (χ1v) is 7.74. The maximum absolute atomic E-state index is 11.4. The van der Waals surface area contributed by atoms with E-state index in [1.807, 2.05) is 66.9 Å². The molecule has 4 heteroatoms. The number of aryl methyl sites for hydroxylation is 1. The van der Waals surface area contributed by atoms with Crippen molar-refractivity contribution in [2.75, 3.05) is 0 Å². The molecule has 3 rings (SSSR count). The van der Waals surface area contributed by atoms with Crippen LogP contribution < -0.4 is 0 Å². The second kappa shape index (κ2) is 6.34. The second-order valence-electron chi connectivity index (χ2n) is 5.80. The molecular weight excluding hydrogens is 302 g/mol. The molecule has 0 spiro atoms. The SMILES string of the molecule is Cc1cc(C(=O)O)c(C)n1-c1ccccc1-c1ccc(CO)cc1. The second-order valence-corrected chi connectivity index (χ2v) is 5.80. The number of para-hydroxylation sites is 1. The van der Waals surface area contributed by atoms with Crippen molar-refractivity contribution in [3.63, 3.8) is 0 Å². The van der Waals surface area contributed by atoms with Gasteiger partial charge in [0.15, 0.2) is 0 Å². The van der Waals surface area contributed by atoms with Crippen molar-refractivity contribution in [1.82, 2.24) is 4.57 Å². The largest absolute Gasteiger partial charge is 0.478 e. The summed E-state index contributed by atoms with van der Waals surface area (Å²) in [7, 11) is 0. The van der Waals surface area contributed by atoms with Crippen LogP contribution in [0, 0.1) is 13.8 Å². The van der Waals surface area contributed by atoms with Crippen LogP contribution in [0.3, 0.4) is 0 Å². The molecular formula is C20H19NO3. The Labute approximate surface area is 140 Å². The van der Waals surface area contributed by atoms with E-state index in [0.717, 1.165) is 28.1 Å². The van der Waals surface area contributed by atoms with Crippen LogP contribution in [0.2, 0.25) is 0 Å². The van der Waals surface area contributed by atoms with Crippen molar-refractivity contribution in [2.45, 2.75) is 20.5 Å². The first-order chi connectivity index (χ1) is 11.5. The van der Waals surface area contributed by atoms with E-state index < -0.39 is 5.97 Å². The number of aromatic carboxylic acids is 1. The van der Waals surface area contributed by atoms with Crippen LogP contribution in [0.25, 0.3) is 16.8 Å². The van der Waals surface area contributed by atoms with E-state index in [2.05, 4.69) is 0 Å². The van der Waals surface area contributed by atoms with E-state index in [4.69, 9.17) is 0 Å². The van der Waals surface area contributed by atoms with Crippen molar-refractivity contribution >= 4 is 5.97 Å². The summed E-state index contributed by atoms with van der Waals surface area (Å²) < 4.78 is 1.97. The standard InChI is InChI=1S/C20H19NO3/c1-13-11-18(20(23)24)14(2)21(13)19-6-4-3-5-17(19)16-9-7-15(12-22)8-10-16/h3-11,22H,12H2,1-2H3,(H,23,24). The van der Waals surface area contributed by atoms with E-state index in [1.165, 1.54) is 0 Å². The number of nitrogens with zero attached hydrogens (tertiary/aromatic N) is 1. The molecule has 24 heavy (non-hydrogen) atoms. The van der Waals surface area contributed by atoms with Gasteiger partial charge in [-0.1, -0.05) is 42.5 Å². The van der Waals surface area contributed by atoms with Gasteiger partial charge in [0.1, 0.15) is 0 Å². The number of benzene rings is 2. The average molecular weight is 321 g/mol. The summed E-state index contributed by atoms with van der Waals surface area (Å²) >= 11 is 0. The van der Waals surface area contributed by atoms with Gasteiger partial charge in [-0.2, -0.15) is 0 Å². The highest BCUT2D eigenvalue weighted by molar-refractivity contribution is 5.90. The van der Waals surface area contributed by atoms with Gasteiger partial charge in [-0.15, -0.1) is 0 Å². The minimum Gasteiger partial charge on any atom is -0.478 e. The Morgan fingerprint density at radius 2 is 1.71 bits per heavy atom. The van der Waals surface area contributed by atoms with Gasteiger partial charge < -0.3 is 14.8 Å². The number of aliphatic hydroxyl groups excluding tert-OH is 1. The Kier molecular flexibility index (Phi) is 4.23. The summed E-state index contributed by atoms with van der Waals surface area (Å²) in [5, 5.41) is 18.6. The lowest BCUT2D eigenvalue weighted by Gasteiger charge is -2.15. The van der Waals surface area contributed by atoms with E-state index in [0.29, 0.717) is 11.3 Å². The first-order valence-electron chi connectivity index (χ1n) is 7.74. The van der Waals surface area contributed by atoms with Crippen molar-refractivity contribution in [1.29, 1.82) is 0 Å². The molecule has 3 aromatic rings. The van der Waals surface area contributed by atoms with Crippen molar-refractivity contribution in [3.05, 3.63) is 77.1 Å². The molecule has 0 radical (unpaired) electrons. The monoisotopic (exact) mass is 321 g/mol. The van der Waals surface area contributed by atoms with Gasteiger partial charge >= 0.3 is 5.97 Å². The topological polar surface area (TPSA) is 62.5 Å². The number of rotatable bonds is 4. The molecule has 2 aromatic carbocycles. The maximum Gasteiger partial charge on any atom is 0.337 e.